The SMILES string of the molecule is C[S@](=O)CCNC(=O)Nc1ccc2oc(CC(C)(C)C)nc2c1. The van der Waals surface area contributed by atoms with Crippen molar-refractivity contribution in [1.29, 1.82) is 0 Å². The molecule has 23 heavy (non-hydrogen) atoms. The van der Waals surface area contributed by atoms with E-state index >= 15 is 0 Å². The normalized spacial score (nSPS) is 13.0. The first-order valence-corrected chi connectivity index (χ1v) is 9.20. The molecule has 7 heteroatoms. The number of rotatable bonds is 5. The quantitative estimate of drug-likeness (QED) is 0.878. The molecule has 0 aliphatic heterocycles. The van der Waals surface area contributed by atoms with E-state index in [1.807, 2.05) is 0 Å². The molecule has 1 aromatic heterocycles. The van der Waals surface area contributed by atoms with Gasteiger partial charge in [-0.15, -0.1) is 0 Å². The predicted molar refractivity (Wildman–Crippen MR) is 93.1 cm³/mol. The second-order valence-corrected chi connectivity index (χ2v) is 8.24. The molecule has 6 nitrogen and oxygen atoms in total. The molecule has 0 saturated heterocycles. The van der Waals surface area contributed by atoms with E-state index in [9.17, 15) is 9.00 Å². The van der Waals surface area contributed by atoms with Crippen molar-refractivity contribution in [3.8, 4) is 0 Å². The number of benzene rings is 1. The van der Waals surface area contributed by atoms with E-state index in [2.05, 4.69) is 36.4 Å². The monoisotopic (exact) mass is 337 g/mol. The second-order valence-electron chi connectivity index (χ2n) is 6.69. The molecule has 2 rings (SSSR count). The van der Waals surface area contributed by atoms with Gasteiger partial charge < -0.3 is 15.1 Å². The molecular formula is C16H23N3O3S. The highest BCUT2D eigenvalue weighted by atomic mass is 32.2. The van der Waals surface area contributed by atoms with Gasteiger partial charge in [0.25, 0.3) is 0 Å². The summed E-state index contributed by atoms with van der Waals surface area (Å²) in [5.74, 6) is 1.13. The van der Waals surface area contributed by atoms with Crippen molar-refractivity contribution in [3.05, 3.63) is 24.1 Å². The zero-order chi connectivity index (χ0) is 17.0. The molecule has 126 valence electrons. The van der Waals surface area contributed by atoms with Crippen LogP contribution in [0.15, 0.2) is 22.6 Å². The molecule has 0 aliphatic carbocycles. The number of fused-ring (bicyclic) bond motifs is 1. The van der Waals surface area contributed by atoms with Gasteiger partial charge in [-0.2, -0.15) is 0 Å². The van der Waals surface area contributed by atoms with Crippen molar-refractivity contribution in [2.45, 2.75) is 27.2 Å². The maximum Gasteiger partial charge on any atom is 0.319 e. The van der Waals surface area contributed by atoms with Crippen LogP contribution in [0.2, 0.25) is 0 Å². The van der Waals surface area contributed by atoms with Gasteiger partial charge in [-0.3, -0.25) is 4.21 Å². The summed E-state index contributed by atoms with van der Waals surface area (Å²) in [5.41, 5.74) is 2.16. The third kappa shape index (κ3) is 5.67. The Kier molecular flexibility index (Phi) is 5.41. The van der Waals surface area contributed by atoms with Crippen LogP contribution in [0.1, 0.15) is 26.7 Å². The number of anilines is 1. The predicted octanol–water partition coefficient (Wildman–Crippen LogP) is 2.92. The van der Waals surface area contributed by atoms with Crippen molar-refractivity contribution >= 4 is 33.6 Å². The Morgan fingerprint density at radius 1 is 1.35 bits per heavy atom. The molecule has 2 N–H and O–H groups in total. The highest BCUT2D eigenvalue weighted by Crippen LogP contribution is 2.25. The highest BCUT2D eigenvalue weighted by molar-refractivity contribution is 7.84. The van der Waals surface area contributed by atoms with E-state index in [-0.39, 0.29) is 11.4 Å². The Morgan fingerprint density at radius 3 is 2.74 bits per heavy atom. The third-order valence-electron chi connectivity index (χ3n) is 3.05. The minimum absolute atomic E-state index is 0.0984. The van der Waals surface area contributed by atoms with Crippen LogP contribution in [0, 0.1) is 5.41 Å². The molecule has 0 spiro atoms. The topological polar surface area (TPSA) is 84.2 Å². The summed E-state index contributed by atoms with van der Waals surface area (Å²) in [5, 5.41) is 5.39. The molecule has 0 bridgehead atoms. The lowest BCUT2D eigenvalue weighted by Crippen LogP contribution is -2.31. The van der Waals surface area contributed by atoms with Crippen molar-refractivity contribution in [3.63, 3.8) is 0 Å². The fraction of sp³-hybridized carbons (Fsp3) is 0.500. The molecule has 2 aromatic rings. The summed E-state index contributed by atoms with van der Waals surface area (Å²) in [4.78, 5) is 16.2. The number of carbonyl (C=O) groups is 1. The molecule has 2 amide bonds. The van der Waals surface area contributed by atoms with Gasteiger partial charge in [0, 0.05) is 41.5 Å². The number of urea groups is 1. The van der Waals surface area contributed by atoms with Gasteiger partial charge in [0.1, 0.15) is 5.52 Å². The van der Waals surface area contributed by atoms with Crippen molar-refractivity contribution < 1.29 is 13.4 Å². The summed E-state index contributed by atoms with van der Waals surface area (Å²) < 4.78 is 16.7. The van der Waals surface area contributed by atoms with Crippen molar-refractivity contribution in [2.24, 2.45) is 5.41 Å². The first-order chi connectivity index (χ1) is 10.7. The van der Waals surface area contributed by atoms with Crippen LogP contribution in [-0.4, -0.2) is 33.8 Å². The average molecular weight is 337 g/mol. The van der Waals surface area contributed by atoms with Crippen LogP contribution in [0.3, 0.4) is 0 Å². The number of aromatic nitrogens is 1. The maximum atomic E-state index is 11.8. The number of hydrogen-bond donors (Lipinski definition) is 2. The third-order valence-corrected chi connectivity index (χ3v) is 3.83. The summed E-state index contributed by atoms with van der Waals surface area (Å²) in [6.45, 7) is 6.75. The molecule has 1 atom stereocenters. The number of oxazole rings is 1. The molecule has 0 saturated carbocycles. The van der Waals surface area contributed by atoms with Crippen LogP contribution < -0.4 is 10.6 Å². The molecule has 1 aromatic carbocycles. The Labute approximate surface area is 138 Å². The Balaban J connectivity index is 2.02. The van der Waals surface area contributed by atoms with E-state index in [0.29, 0.717) is 29.5 Å². The largest absolute Gasteiger partial charge is 0.441 e. The molecule has 0 radical (unpaired) electrons. The lowest BCUT2D eigenvalue weighted by Gasteiger charge is -2.14. The smallest absolute Gasteiger partial charge is 0.319 e. The minimum atomic E-state index is -0.918. The Hall–Kier alpha value is -1.89. The maximum absolute atomic E-state index is 11.8. The van der Waals surface area contributed by atoms with Crippen molar-refractivity contribution in [1.82, 2.24) is 10.3 Å². The number of nitrogens with zero attached hydrogens (tertiary/aromatic N) is 1. The van der Waals surface area contributed by atoms with Gasteiger partial charge in [-0.25, -0.2) is 9.78 Å². The Morgan fingerprint density at radius 2 is 2.09 bits per heavy atom. The Bertz CT molecular complexity index is 719. The molecule has 0 unspecified atom stereocenters. The number of hydrogen-bond acceptors (Lipinski definition) is 4. The fourth-order valence-electron chi connectivity index (χ4n) is 2.07. The van der Waals surface area contributed by atoms with Gasteiger partial charge >= 0.3 is 6.03 Å². The summed E-state index contributed by atoms with van der Waals surface area (Å²) in [6.07, 6.45) is 2.35. The fourth-order valence-corrected chi connectivity index (χ4v) is 2.46. The van der Waals surface area contributed by atoms with E-state index in [1.54, 1.807) is 24.5 Å². The molecular weight excluding hydrogens is 314 g/mol. The van der Waals surface area contributed by atoms with E-state index in [0.717, 1.165) is 11.9 Å². The summed E-state index contributed by atoms with van der Waals surface area (Å²) in [6, 6.07) is 5.02. The van der Waals surface area contributed by atoms with Gasteiger partial charge in [-0.1, -0.05) is 20.8 Å². The zero-order valence-electron chi connectivity index (χ0n) is 13.9. The van der Waals surface area contributed by atoms with Gasteiger partial charge in [0.05, 0.1) is 0 Å². The van der Waals surface area contributed by atoms with Gasteiger partial charge in [0.2, 0.25) is 0 Å². The summed E-state index contributed by atoms with van der Waals surface area (Å²) >= 11 is 0. The van der Waals surface area contributed by atoms with E-state index in [4.69, 9.17) is 4.42 Å². The molecule has 0 aliphatic rings. The zero-order valence-corrected chi connectivity index (χ0v) is 14.8. The first-order valence-electron chi connectivity index (χ1n) is 7.47. The van der Waals surface area contributed by atoms with Crippen LogP contribution >= 0.6 is 0 Å². The van der Waals surface area contributed by atoms with E-state index < -0.39 is 10.8 Å². The van der Waals surface area contributed by atoms with Crippen molar-refractivity contribution in [2.75, 3.05) is 23.9 Å². The van der Waals surface area contributed by atoms with Crippen LogP contribution in [0.4, 0.5) is 10.5 Å². The lowest BCUT2D eigenvalue weighted by molar-refractivity contribution is 0.252. The van der Waals surface area contributed by atoms with Gasteiger partial charge in [-0.05, 0) is 23.6 Å². The molecule has 1 heterocycles. The first kappa shape index (κ1) is 17.5. The van der Waals surface area contributed by atoms with E-state index in [1.165, 1.54) is 0 Å². The number of amides is 2. The van der Waals surface area contributed by atoms with Crippen LogP contribution in [0.25, 0.3) is 11.1 Å². The van der Waals surface area contributed by atoms with Crippen LogP contribution in [0.5, 0.6) is 0 Å². The van der Waals surface area contributed by atoms with Gasteiger partial charge in [0.15, 0.2) is 11.5 Å². The second kappa shape index (κ2) is 7.12. The number of carbonyl (C=O) groups excluding carboxylic acids is 1. The molecule has 0 fully saturated rings. The summed E-state index contributed by atoms with van der Waals surface area (Å²) in [7, 11) is -0.918. The number of nitrogens with one attached hydrogen (secondary N) is 2. The standard InChI is InChI=1S/C16H23N3O3S/c1-16(2,3)10-14-19-12-9-11(5-6-13(12)22-14)18-15(20)17-7-8-23(4)21/h5-6,9H,7-8,10H2,1-4H3,(H2,17,18,20)/t23-/m0/s1. The lowest BCUT2D eigenvalue weighted by atomic mass is 9.92. The highest BCUT2D eigenvalue weighted by Gasteiger charge is 2.16. The minimum Gasteiger partial charge on any atom is -0.441 e. The average Bonchev–Trinajstić information content (AvgIpc) is 2.77. The van der Waals surface area contributed by atoms with Crippen LogP contribution in [-0.2, 0) is 17.2 Å².